The van der Waals surface area contributed by atoms with Gasteiger partial charge in [-0.1, -0.05) is 12.1 Å². The zero-order valence-electron chi connectivity index (χ0n) is 13.1. The summed E-state index contributed by atoms with van der Waals surface area (Å²) in [7, 11) is 0. The minimum atomic E-state index is -0.495. The van der Waals surface area contributed by atoms with Crippen LogP contribution in [0.2, 0.25) is 0 Å². The summed E-state index contributed by atoms with van der Waals surface area (Å²) in [5, 5.41) is 11.5. The number of alkyl carbamates (subject to hydrolysis) is 1. The van der Waals surface area contributed by atoms with E-state index in [0.29, 0.717) is 17.8 Å². The highest BCUT2D eigenvalue weighted by molar-refractivity contribution is 5.68. The summed E-state index contributed by atoms with van der Waals surface area (Å²) in [5.74, 6) is 0.632. The number of ether oxygens (including phenoxy) is 1. The van der Waals surface area contributed by atoms with Crippen molar-refractivity contribution in [1.29, 1.82) is 5.26 Å². The van der Waals surface area contributed by atoms with Gasteiger partial charge in [-0.05, 0) is 37.6 Å². The van der Waals surface area contributed by atoms with Crippen molar-refractivity contribution in [1.82, 2.24) is 15.3 Å². The van der Waals surface area contributed by atoms with Gasteiger partial charge >= 0.3 is 6.09 Å². The van der Waals surface area contributed by atoms with E-state index in [0.717, 1.165) is 5.56 Å². The average Bonchev–Trinajstić information content (AvgIpc) is 2.55. The van der Waals surface area contributed by atoms with Crippen LogP contribution >= 0.6 is 0 Å². The normalized spacial score (nSPS) is 12.7. The maximum absolute atomic E-state index is 11.9. The molecule has 0 bridgehead atoms. The molecule has 118 valence electrons. The van der Waals surface area contributed by atoms with Gasteiger partial charge in [-0.3, -0.25) is 0 Å². The zero-order chi connectivity index (χ0) is 16.7. The van der Waals surface area contributed by atoms with E-state index in [1.165, 1.54) is 0 Å². The van der Waals surface area contributed by atoms with E-state index in [2.05, 4.69) is 21.4 Å². The lowest BCUT2D eigenvalue weighted by atomic mass is 10.1. The third-order valence-corrected chi connectivity index (χ3v) is 3.27. The van der Waals surface area contributed by atoms with Crippen LogP contribution < -0.4 is 5.32 Å². The molecule has 1 aromatic heterocycles. The average molecular weight is 310 g/mol. The second kappa shape index (κ2) is 7.90. The van der Waals surface area contributed by atoms with Crippen LogP contribution in [0.5, 0.6) is 0 Å². The second-order valence-electron chi connectivity index (χ2n) is 5.18. The van der Waals surface area contributed by atoms with E-state index in [4.69, 9.17) is 10.00 Å². The molecule has 6 heteroatoms. The molecule has 1 unspecified atom stereocenters. The van der Waals surface area contributed by atoms with Gasteiger partial charge in [-0.15, -0.1) is 0 Å². The van der Waals surface area contributed by atoms with Crippen LogP contribution in [0, 0.1) is 11.3 Å². The maximum Gasteiger partial charge on any atom is 0.407 e. The number of hydrogen-bond acceptors (Lipinski definition) is 5. The molecule has 23 heavy (non-hydrogen) atoms. The number of nitrogens with one attached hydrogen (secondary N) is 1. The Balaban J connectivity index is 1.84. The minimum absolute atomic E-state index is 0.213. The smallest absolute Gasteiger partial charge is 0.407 e. The Morgan fingerprint density at radius 1 is 1.26 bits per heavy atom. The molecule has 6 nitrogen and oxygen atoms in total. The van der Waals surface area contributed by atoms with Gasteiger partial charge in [0.05, 0.1) is 17.7 Å². The number of hydrogen-bond donors (Lipinski definition) is 1. The van der Waals surface area contributed by atoms with E-state index in [1.807, 2.05) is 19.1 Å². The molecular formula is C17H18N4O2. The minimum Gasteiger partial charge on any atom is -0.446 e. The van der Waals surface area contributed by atoms with Gasteiger partial charge in [0.2, 0.25) is 0 Å². The molecule has 1 heterocycles. The topological polar surface area (TPSA) is 87.9 Å². The van der Waals surface area contributed by atoms with Crippen molar-refractivity contribution in [2.75, 3.05) is 0 Å². The summed E-state index contributed by atoms with van der Waals surface area (Å²) in [4.78, 5) is 20.1. The van der Waals surface area contributed by atoms with Crippen LogP contribution in [-0.4, -0.2) is 22.2 Å². The molecule has 0 saturated carbocycles. The van der Waals surface area contributed by atoms with E-state index >= 15 is 0 Å². The fourth-order valence-electron chi connectivity index (χ4n) is 2.06. The van der Waals surface area contributed by atoms with Crippen molar-refractivity contribution < 1.29 is 9.53 Å². The maximum atomic E-state index is 11.9. The number of aromatic nitrogens is 2. The lowest BCUT2D eigenvalue weighted by Crippen LogP contribution is -2.31. The molecule has 2 aromatic rings. The highest BCUT2D eigenvalue weighted by Gasteiger charge is 2.14. The van der Waals surface area contributed by atoms with Gasteiger partial charge in [0, 0.05) is 18.8 Å². The second-order valence-corrected chi connectivity index (χ2v) is 5.18. The first-order valence-corrected chi connectivity index (χ1v) is 7.31. The Morgan fingerprint density at radius 3 is 2.52 bits per heavy atom. The monoisotopic (exact) mass is 310 g/mol. The van der Waals surface area contributed by atoms with Gasteiger partial charge in [-0.25, -0.2) is 14.8 Å². The molecule has 0 spiro atoms. The molecular weight excluding hydrogens is 292 g/mol. The largest absolute Gasteiger partial charge is 0.446 e. The summed E-state index contributed by atoms with van der Waals surface area (Å²) in [6.45, 7) is 3.65. The van der Waals surface area contributed by atoms with Gasteiger partial charge < -0.3 is 10.1 Å². The molecule has 0 fully saturated rings. The fourth-order valence-corrected chi connectivity index (χ4v) is 2.06. The van der Waals surface area contributed by atoms with E-state index in [9.17, 15) is 4.79 Å². The van der Waals surface area contributed by atoms with E-state index in [1.54, 1.807) is 37.5 Å². The summed E-state index contributed by atoms with van der Waals surface area (Å²) >= 11 is 0. The predicted octanol–water partition coefficient (Wildman–Crippen LogP) is 2.77. The Hall–Kier alpha value is -2.94. The van der Waals surface area contributed by atoms with Crippen LogP contribution in [0.25, 0.3) is 0 Å². The quantitative estimate of drug-likeness (QED) is 0.917. The summed E-state index contributed by atoms with van der Waals surface area (Å²) < 4.78 is 5.31. The molecule has 2 atom stereocenters. The summed E-state index contributed by atoms with van der Waals surface area (Å²) in [5.41, 5.74) is 1.49. The van der Waals surface area contributed by atoms with Crippen molar-refractivity contribution >= 4 is 6.09 Å². The van der Waals surface area contributed by atoms with Crippen LogP contribution in [0.4, 0.5) is 4.79 Å². The molecule has 2 rings (SSSR count). The SMILES string of the molecule is CC(Cc1ncccn1)OC(=O)N[C@@H](C)c1ccc(C#N)cc1. The van der Waals surface area contributed by atoms with Gasteiger partial charge in [0.15, 0.2) is 0 Å². The molecule has 1 amide bonds. The van der Waals surface area contributed by atoms with E-state index < -0.39 is 6.09 Å². The molecule has 0 aliphatic rings. The van der Waals surface area contributed by atoms with E-state index in [-0.39, 0.29) is 12.1 Å². The first-order chi connectivity index (χ1) is 11.1. The Kier molecular flexibility index (Phi) is 5.64. The number of carbonyl (C=O) groups is 1. The van der Waals surface area contributed by atoms with Crippen molar-refractivity contribution in [3.05, 3.63) is 59.7 Å². The van der Waals surface area contributed by atoms with Crippen molar-refractivity contribution in [2.45, 2.75) is 32.4 Å². The van der Waals surface area contributed by atoms with Crippen LogP contribution in [0.3, 0.4) is 0 Å². The highest BCUT2D eigenvalue weighted by Crippen LogP contribution is 2.13. The van der Waals surface area contributed by atoms with Crippen molar-refractivity contribution in [2.24, 2.45) is 0 Å². The summed E-state index contributed by atoms with van der Waals surface area (Å²) in [6, 6.07) is 10.6. The van der Waals surface area contributed by atoms with Gasteiger partial charge in [0.1, 0.15) is 11.9 Å². The molecule has 1 aromatic carbocycles. The molecule has 0 aliphatic heterocycles. The van der Waals surface area contributed by atoms with Gasteiger partial charge in [0.25, 0.3) is 0 Å². The van der Waals surface area contributed by atoms with Crippen LogP contribution in [-0.2, 0) is 11.2 Å². The molecule has 0 aliphatic carbocycles. The number of nitrogens with zero attached hydrogens (tertiary/aromatic N) is 3. The Bertz CT molecular complexity index is 680. The Morgan fingerprint density at radius 2 is 1.91 bits per heavy atom. The Labute approximate surface area is 135 Å². The number of nitriles is 1. The first-order valence-electron chi connectivity index (χ1n) is 7.31. The zero-order valence-corrected chi connectivity index (χ0v) is 13.1. The predicted molar refractivity (Wildman–Crippen MR) is 84.4 cm³/mol. The van der Waals surface area contributed by atoms with Gasteiger partial charge in [-0.2, -0.15) is 5.26 Å². The molecule has 1 N–H and O–H groups in total. The summed E-state index contributed by atoms with van der Waals surface area (Å²) in [6.07, 6.45) is 2.94. The third kappa shape index (κ3) is 5.08. The lowest BCUT2D eigenvalue weighted by Gasteiger charge is -2.17. The standard InChI is InChI=1S/C17H18N4O2/c1-12(10-16-19-8-3-9-20-16)23-17(22)21-13(2)15-6-4-14(11-18)5-7-15/h3-9,12-13H,10H2,1-2H3,(H,21,22)/t12?,13-/m0/s1. The highest BCUT2D eigenvalue weighted by atomic mass is 16.6. The van der Waals surface area contributed by atoms with Crippen molar-refractivity contribution in [3.8, 4) is 6.07 Å². The number of amides is 1. The molecule has 0 radical (unpaired) electrons. The first kappa shape index (κ1) is 16.4. The van der Waals surface area contributed by atoms with Crippen LogP contribution in [0.1, 0.15) is 36.8 Å². The lowest BCUT2D eigenvalue weighted by molar-refractivity contribution is 0.103. The number of rotatable bonds is 5. The van der Waals surface area contributed by atoms with Crippen LogP contribution in [0.15, 0.2) is 42.7 Å². The third-order valence-electron chi connectivity index (χ3n) is 3.27. The molecule has 0 saturated heterocycles. The number of carbonyl (C=O) groups excluding carboxylic acids is 1. The fraction of sp³-hybridized carbons (Fsp3) is 0.294. The van der Waals surface area contributed by atoms with Crippen molar-refractivity contribution in [3.63, 3.8) is 0 Å². The number of benzene rings is 1.